The van der Waals surface area contributed by atoms with Crippen molar-refractivity contribution in [1.82, 2.24) is 9.91 Å². The molecule has 0 aliphatic carbocycles. The Morgan fingerprint density at radius 1 is 1.24 bits per heavy atom. The number of hydrogen-bond acceptors (Lipinski definition) is 9. The number of rotatable bonds is 9. The van der Waals surface area contributed by atoms with Crippen molar-refractivity contribution in [1.29, 1.82) is 0 Å². The number of aliphatic hydroxyl groups is 4. The molecule has 0 radical (unpaired) electrons. The normalized spacial score (nSPS) is 29.3. The lowest BCUT2D eigenvalue weighted by Gasteiger charge is -2.44. The largest absolute Gasteiger partial charge is 0.394 e. The maximum atomic E-state index is 12.5. The van der Waals surface area contributed by atoms with Gasteiger partial charge in [0.1, 0.15) is 24.4 Å². The number of urea groups is 1. The number of carbonyl (C=O) groups is 1. The van der Waals surface area contributed by atoms with Gasteiger partial charge in [-0.1, -0.05) is 0 Å². The highest BCUT2D eigenvalue weighted by Gasteiger charge is 2.47. The van der Waals surface area contributed by atoms with Crippen molar-refractivity contribution >= 4 is 17.6 Å². The molecule has 11 nitrogen and oxygen atoms in total. The lowest BCUT2D eigenvalue weighted by atomic mass is 9.97. The first-order valence-corrected chi connectivity index (χ1v) is 8.23. The topological polar surface area (TPSA) is 152 Å². The summed E-state index contributed by atoms with van der Waals surface area (Å²) in [7, 11) is 1.47. The molecule has 1 rings (SSSR count). The van der Waals surface area contributed by atoms with Gasteiger partial charge in [-0.3, -0.25) is 4.90 Å². The van der Waals surface area contributed by atoms with Gasteiger partial charge in [0.05, 0.1) is 18.4 Å². The Hall–Kier alpha value is -1.08. The lowest BCUT2D eigenvalue weighted by molar-refractivity contribution is -0.258. The number of carbonyl (C=O) groups excluding carboxylic acids is 1. The molecule has 0 unspecified atom stereocenters. The van der Waals surface area contributed by atoms with Gasteiger partial charge < -0.3 is 29.9 Å². The van der Waals surface area contributed by atoms with Crippen LogP contribution in [0.2, 0.25) is 0 Å². The van der Waals surface area contributed by atoms with Gasteiger partial charge in [0.15, 0.2) is 6.23 Å². The molecule has 1 saturated heterocycles. The van der Waals surface area contributed by atoms with Gasteiger partial charge in [0, 0.05) is 26.1 Å². The number of amides is 2. The molecule has 0 aromatic heterocycles. The van der Waals surface area contributed by atoms with E-state index in [-0.39, 0.29) is 25.6 Å². The van der Waals surface area contributed by atoms with Gasteiger partial charge in [-0.15, -0.1) is 16.5 Å². The zero-order valence-electron chi connectivity index (χ0n) is 13.8. The molecule has 4 N–H and O–H groups in total. The molecule has 2 amide bonds. The van der Waals surface area contributed by atoms with Crippen LogP contribution in [0.3, 0.4) is 0 Å². The van der Waals surface area contributed by atoms with Crippen molar-refractivity contribution in [3.63, 3.8) is 0 Å². The number of ether oxygens (including phenoxy) is 2. The summed E-state index contributed by atoms with van der Waals surface area (Å²) in [5.41, 5.74) is 0. The molecule has 0 bridgehead atoms. The molecule has 1 heterocycles. The number of nitrogens with zero attached hydrogens (tertiary/aromatic N) is 3. The summed E-state index contributed by atoms with van der Waals surface area (Å²) in [6.45, 7) is -0.518. The third-order valence-corrected chi connectivity index (χ3v) is 3.95. The monoisotopic (exact) mass is 385 g/mol. The molecule has 1 fully saturated rings. The van der Waals surface area contributed by atoms with E-state index in [0.717, 1.165) is 4.90 Å². The van der Waals surface area contributed by atoms with Crippen molar-refractivity contribution in [3.05, 3.63) is 4.91 Å². The van der Waals surface area contributed by atoms with Gasteiger partial charge in [-0.25, -0.2) is 4.79 Å². The Balaban J connectivity index is 3.03. The number of halogens is 1. The SMILES string of the molecule is COCCCN(C(=O)N(CCCl)N=O)[C@@H]1O[C@H](CO)[C@@H](O)[C@H](O)[C@H]1O. The fourth-order valence-electron chi connectivity index (χ4n) is 2.45. The Morgan fingerprint density at radius 3 is 2.44 bits per heavy atom. The van der Waals surface area contributed by atoms with Crippen LogP contribution in [0.5, 0.6) is 0 Å². The molecule has 12 heteroatoms. The van der Waals surface area contributed by atoms with Crippen molar-refractivity contribution in [2.24, 2.45) is 5.29 Å². The molecule has 25 heavy (non-hydrogen) atoms. The van der Waals surface area contributed by atoms with Crippen LogP contribution in [-0.2, 0) is 9.47 Å². The van der Waals surface area contributed by atoms with E-state index < -0.39 is 43.3 Å². The summed E-state index contributed by atoms with van der Waals surface area (Å²) < 4.78 is 10.3. The quantitative estimate of drug-likeness (QED) is 0.161. The van der Waals surface area contributed by atoms with Crippen molar-refractivity contribution in [2.75, 3.05) is 39.3 Å². The van der Waals surface area contributed by atoms with Crippen molar-refractivity contribution < 1.29 is 34.7 Å². The van der Waals surface area contributed by atoms with Crippen LogP contribution in [0, 0.1) is 4.91 Å². The second-order valence-corrected chi connectivity index (χ2v) is 5.81. The summed E-state index contributed by atoms with van der Waals surface area (Å²) in [4.78, 5) is 24.4. The molecule has 1 aliphatic rings. The van der Waals surface area contributed by atoms with Gasteiger partial charge in [-0.2, -0.15) is 5.01 Å². The Labute approximate surface area is 149 Å². The van der Waals surface area contributed by atoms with Gasteiger partial charge >= 0.3 is 6.03 Å². The summed E-state index contributed by atoms with van der Waals surface area (Å²) >= 11 is 5.53. The number of nitroso groups, excluding NO2 is 1. The zero-order chi connectivity index (χ0) is 19.0. The Morgan fingerprint density at radius 2 is 1.92 bits per heavy atom. The molecular formula is C13H24ClN3O8. The molecule has 146 valence electrons. The first-order chi connectivity index (χ1) is 11.9. The average molecular weight is 386 g/mol. The zero-order valence-corrected chi connectivity index (χ0v) is 14.5. The maximum Gasteiger partial charge on any atom is 0.345 e. The summed E-state index contributed by atoms with van der Waals surface area (Å²) in [6, 6.07) is -0.893. The van der Waals surface area contributed by atoms with E-state index in [1.807, 2.05) is 0 Å². The fourth-order valence-corrected chi connectivity index (χ4v) is 2.61. The predicted molar refractivity (Wildman–Crippen MR) is 85.6 cm³/mol. The lowest BCUT2D eigenvalue weighted by Crippen LogP contribution is -2.65. The van der Waals surface area contributed by atoms with Crippen LogP contribution in [0.15, 0.2) is 5.29 Å². The van der Waals surface area contributed by atoms with Crippen LogP contribution in [-0.4, -0.2) is 106 Å². The van der Waals surface area contributed by atoms with E-state index in [0.29, 0.717) is 11.4 Å². The summed E-state index contributed by atoms with van der Waals surface area (Å²) in [5, 5.41) is 42.3. The van der Waals surface area contributed by atoms with Gasteiger partial charge in [0.2, 0.25) is 0 Å². The number of hydrogen-bond donors (Lipinski definition) is 4. The highest BCUT2D eigenvalue weighted by Crippen LogP contribution is 2.25. The Bertz CT molecular complexity index is 430. The predicted octanol–water partition coefficient (Wildman–Crippen LogP) is -1.53. The minimum atomic E-state index is -1.66. The summed E-state index contributed by atoms with van der Waals surface area (Å²) in [6.07, 6.45) is -7.13. The molecule has 1 aliphatic heterocycles. The van der Waals surface area contributed by atoms with E-state index in [4.69, 9.17) is 21.1 Å². The van der Waals surface area contributed by atoms with Crippen molar-refractivity contribution in [3.8, 4) is 0 Å². The molecule has 5 atom stereocenters. The van der Waals surface area contributed by atoms with Crippen LogP contribution in [0.1, 0.15) is 6.42 Å². The highest BCUT2D eigenvalue weighted by atomic mass is 35.5. The molecule has 0 aromatic rings. The van der Waals surface area contributed by atoms with Gasteiger partial charge in [-0.05, 0) is 6.42 Å². The Kier molecular flexibility index (Phi) is 9.50. The first kappa shape index (κ1) is 22.0. The molecule has 0 aromatic carbocycles. The standard InChI is InChI=1S/C13H24ClN3O8/c1-24-6-2-4-16(13(22)17(15-23)5-3-14)12-11(21)10(20)9(19)8(7-18)25-12/h8-12,18-21H,2-7H2,1H3/t8-,9-,10+,11-,12-/m1/s1. The minimum absolute atomic E-state index is 0.00364. The van der Waals surface area contributed by atoms with Crippen LogP contribution < -0.4 is 0 Å². The van der Waals surface area contributed by atoms with E-state index in [2.05, 4.69) is 5.29 Å². The van der Waals surface area contributed by atoms with Gasteiger partial charge in [0.25, 0.3) is 0 Å². The summed E-state index contributed by atoms with van der Waals surface area (Å²) in [5.74, 6) is -0.0436. The van der Waals surface area contributed by atoms with Crippen LogP contribution in [0.4, 0.5) is 4.79 Å². The smallest absolute Gasteiger partial charge is 0.345 e. The third kappa shape index (κ3) is 5.45. The third-order valence-electron chi connectivity index (χ3n) is 3.78. The minimum Gasteiger partial charge on any atom is -0.394 e. The molecular weight excluding hydrogens is 362 g/mol. The van der Waals surface area contributed by atoms with E-state index in [1.54, 1.807) is 0 Å². The van der Waals surface area contributed by atoms with Crippen molar-refractivity contribution in [2.45, 2.75) is 37.1 Å². The second kappa shape index (κ2) is 10.8. The van der Waals surface area contributed by atoms with E-state index >= 15 is 0 Å². The molecule has 0 saturated carbocycles. The fraction of sp³-hybridized carbons (Fsp3) is 0.923. The number of alkyl halides is 1. The molecule has 0 spiro atoms. The van der Waals surface area contributed by atoms with E-state index in [1.165, 1.54) is 7.11 Å². The second-order valence-electron chi connectivity index (χ2n) is 5.44. The van der Waals surface area contributed by atoms with Crippen LogP contribution in [0.25, 0.3) is 0 Å². The highest BCUT2D eigenvalue weighted by molar-refractivity contribution is 6.18. The maximum absolute atomic E-state index is 12.5. The number of methoxy groups -OCH3 is 1. The first-order valence-electron chi connectivity index (χ1n) is 7.69. The average Bonchev–Trinajstić information content (AvgIpc) is 2.62. The van der Waals surface area contributed by atoms with E-state index in [9.17, 15) is 30.1 Å². The van der Waals surface area contributed by atoms with Crippen LogP contribution >= 0.6 is 11.6 Å². The number of aliphatic hydroxyl groups excluding tert-OH is 4.